The van der Waals surface area contributed by atoms with Gasteiger partial charge < -0.3 is 0 Å². The summed E-state index contributed by atoms with van der Waals surface area (Å²) in [5, 5.41) is 7.56. The van der Waals surface area contributed by atoms with Crippen LogP contribution in [0.25, 0.3) is 94.0 Å². The minimum Gasteiger partial charge on any atom is -0.228 e. The van der Waals surface area contributed by atoms with Gasteiger partial charge in [0.2, 0.25) is 0 Å². The number of allylic oxidation sites excluding steroid dienone is 4. The minimum atomic E-state index is 0.701. The van der Waals surface area contributed by atoms with Crippen LogP contribution in [0.1, 0.15) is 18.4 Å². The lowest BCUT2D eigenvalue weighted by Crippen LogP contribution is -1.98. The van der Waals surface area contributed by atoms with Crippen LogP contribution in [-0.4, -0.2) is 9.97 Å². The number of hydrogen-bond acceptors (Lipinski definition) is 2. The van der Waals surface area contributed by atoms with E-state index in [-0.39, 0.29) is 0 Å². The number of rotatable bonds is 6. The van der Waals surface area contributed by atoms with Gasteiger partial charge in [0.1, 0.15) is 0 Å². The normalized spacial score (nSPS) is 12.7. The van der Waals surface area contributed by atoms with Gasteiger partial charge in [0.25, 0.3) is 0 Å². The van der Waals surface area contributed by atoms with E-state index in [0.717, 1.165) is 52.0 Å². The van der Waals surface area contributed by atoms with Gasteiger partial charge in [-0.3, -0.25) is 0 Å². The molecule has 0 amide bonds. The monoisotopic (exact) mass is 688 g/mol. The average molecular weight is 689 g/mol. The maximum absolute atomic E-state index is 5.39. The van der Waals surface area contributed by atoms with Crippen LogP contribution in [0, 0.1) is 0 Å². The van der Waals surface area contributed by atoms with Crippen molar-refractivity contribution in [2.45, 2.75) is 12.8 Å². The summed E-state index contributed by atoms with van der Waals surface area (Å²) >= 11 is 0. The van der Waals surface area contributed by atoms with Crippen LogP contribution in [0.15, 0.2) is 194 Å². The van der Waals surface area contributed by atoms with E-state index in [1.807, 2.05) is 0 Å². The highest BCUT2D eigenvalue weighted by atomic mass is 14.9. The molecule has 0 radical (unpaired) electrons. The van der Waals surface area contributed by atoms with E-state index in [0.29, 0.717) is 5.82 Å². The molecule has 2 nitrogen and oxygen atoms in total. The van der Waals surface area contributed by atoms with E-state index in [9.17, 15) is 0 Å². The third kappa shape index (κ3) is 5.70. The number of nitrogens with zero attached hydrogens (tertiary/aromatic N) is 2. The van der Waals surface area contributed by atoms with Gasteiger partial charge in [0.05, 0.1) is 11.4 Å². The highest BCUT2D eigenvalue weighted by Gasteiger charge is 2.18. The molecule has 10 rings (SSSR count). The molecule has 0 saturated heterocycles. The predicted octanol–water partition coefficient (Wildman–Crippen LogP) is 14.0. The molecule has 1 heterocycles. The first-order chi connectivity index (χ1) is 26.8. The maximum atomic E-state index is 5.39. The summed E-state index contributed by atoms with van der Waals surface area (Å²) in [5.41, 5.74) is 12.0. The van der Waals surface area contributed by atoms with Crippen molar-refractivity contribution in [3.63, 3.8) is 0 Å². The standard InChI is InChI=1S/C52H36N2/c1-3-16-35(17-4-1)37-20-13-22-39(32-37)49-34-50(54-52(53-49)40-23-14-21-38(33-40)36-18-5-2-6-19-36)45-28-11-9-27-44(45)48-31-15-30-47-43-25-8-7-24-41(43)42-26-10-12-29-46(42)51(47)48/h2-3,5-34H,1,4H2. The van der Waals surface area contributed by atoms with Crippen LogP contribution in [0.5, 0.6) is 0 Å². The van der Waals surface area contributed by atoms with Crippen molar-refractivity contribution in [1.82, 2.24) is 9.97 Å². The summed E-state index contributed by atoms with van der Waals surface area (Å²) in [6.45, 7) is 0. The Bertz CT molecular complexity index is 2890. The molecule has 1 aliphatic rings. The zero-order chi connectivity index (χ0) is 35.8. The van der Waals surface area contributed by atoms with Gasteiger partial charge in [-0.1, -0.05) is 176 Å². The zero-order valence-electron chi connectivity index (χ0n) is 29.8. The smallest absolute Gasteiger partial charge is 0.160 e. The van der Waals surface area contributed by atoms with Crippen molar-refractivity contribution in [2.24, 2.45) is 0 Å². The molecule has 0 spiro atoms. The van der Waals surface area contributed by atoms with Crippen molar-refractivity contribution in [3.05, 3.63) is 200 Å². The fourth-order valence-corrected chi connectivity index (χ4v) is 8.14. The average Bonchev–Trinajstić information content (AvgIpc) is 3.27. The fraction of sp³-hybridized carbons (Fsp3) is 0.0385. The van der Waals surface area contributed by atoms with Crippen LogP contribution in [-0.2, 0) is 0 Å². The van der Waals surface area contributed by atoms with Gasteiger partial charge in [0, 0.05) is 16.7 Å². The van der Waals surface area contributed by atoms with Gasteiger partial charge in [-0.2, -0.15) is 0 Å². The Kier molecular flexibility index (Phi) is 8.00. The van der Waals surface area contributed by atoms with E-state index in [2.05, 4.69) is 194 Å². The van der Waals surface area contributed by atoms with Crippen molar-refractivity contribution in [1.29, 1.82) is 0 Å². The lowest BCUT2D eigenvalue weighted by Gasteiger charge is -2.17. The first kappa shape index (κ1) is 31.8. The van der Waals surface area contributed by atoms with Crippen LogP contribution < -0.4 is 0 Å². The van der Waals surface area contributed by atoms with Crippen LogP contribution >= 0.6 is 0 Å². The third-order valence-electron chi connectivity index (χ3n) is 10.7. The van der Waals surface area contributed by atoms with Crippen LogP contribution in [0.3, 0.4) is 0 Å². The molecule has 0 fully saturated rings. The van der Waals surface area contributed by atoms with Gasteiger partial charge >= 0.3 is 0 Å². The van der Waals surface area contributed by atoms with Crippen molar-refractivity contribution < 1.29 is 0 Å². The molecule has 54 heavy (non-hydrogen) atoms. The van der Waals surface area contributed by atoms with E-state index < -0.39 is 0 Å². The van der Waals surface area contributed by atoms with Crippen molar-refractivity contribution in [3.8, 4) is 56.2 Å². The predicted molar refractivity (Wildman–Crippen MR) is 228 cm³/mol. The summed E-state index contributed by atoms with van der Waals surface area (Å²) in [4.78, 5) is 10.7. The lowest BCUT2D eigenvalue weighted by atomic mass is 9.87. The molecule has 8 aromatic carbocycles. The molecule has 1 aromatic heterocycles. The van der Waals surface area contributed by atoms with E-state index in [1.54, 1.807) is 0 Å². The molecule has 254 valence electrons. The van der Waals surface area contributed by atoms with Gasteiger partial charge in [-0.05, 0) is 96.7 Å². The van der Waals surface area contributed by atoms with E-state index >= 15 is 0 Å². The molecule has 1 aliphatic carbocycles. The zero-order valence-corrected chi connectivity index (χ0v) is 29.8. The number of benzene rings is 8. The van der Waals surface area contributed by atoms with Gasteiger partial charge in [0.15, 0.2) is 5.82 Å². The highest BCUT2D eigenvalue weighted by Crippen LogP contribution is 2.43. The fourth-order valence-electron chi connectivity index (χ4n) is 8.14. The Labute approximate surface area is 315 Å². The topological polar surface area (TPSA) is 25.8 Å². The molecule has 9 aromatic rings. The molecule has 0 saturated carbocycles. The second-order valence-electron chi connectivity index (χ2n) is 14.0. The first-order valence-corrected chi connectivity index (χ1v) is 18.7. The summed E-state index contributed by atoms with van der Waals surface area (Å²) in [5.74, 6) is 0.701. The number of aromatic nitrogens is 2. The number of hydrogen-bond donors (Lipinski definition) is 0. The summed E-state index contributed by atoms with van der Waals surface area (Å²) in [7, 11) is 0. The third-order valence-corrected chi connectivity index (χ3v) is 10.7. The SMILES string of the molecule is C1=CC(c2cccc(-c3cc(-c4ccccc4-c4cccc5c6ccccc6c6ccccc6c45)nc(-c4cccc(-c5ccccc5)c4)n3)c2)=CCC1. The van der Waals surface area contributed by atoms with Crippen LogP contribution in [0.4, 0.5) is 0 Å². The molecular formula is C52H36N2. The molecule has 0 atom stereocenters. The summed E-state index contributed by atoms with van der Waals surface area (Å²) in [6, 6.07) is 63.1. The molecule has 0 aliphatic heterocycles. The highest BCUT2D eigenvalue weighted by molar-refractivity contribution is 6.28. The molecule has 0 N–H and O–H groups in total. The van der Waals surface area contributed by atoms with E-state index in [4.69, 9.17) is 9.97 Å². The summed E-state index contributed by atoms with van der Waals surface area (Å²) in [6.07, 6.45) is 8.98. The van der Waals surface area contributed by atoms with Gasteiger partial charge in [-0.25, -0.2) is 9.97 Å². The molecule has 2 heteroatoms. The van der Waals surface area contributed by atoms with E-state index in [1.165, 1.54) is 54.6 Å². The minimum absolute atomic E-state index is 0.701. The Morgan fingerprint density at radius 3 is 1.65 bits per heavy atom. The Morgan fingerprint density at radius 2 is 0.889 bits per heavy atom. The second-order valence-corrected chi connectivity index (χ2v) is 14.0. The Balaban J connectivity index is 1.21. The van der Waals surface area contributed by atoms with Crippen molar-refractivity contribution >= 4 is 37.9 Å². The summed E-state index contributed by atoms with van der Waals surface area (Å²) < 4.78 is 0. The van der Waals surface area contributed by atoms with Gasteiger partial charge in [-0.15, -0.1) is 0 Å². The maximum Gasteiger partial charge on any atom is 0.160 e. The quantitative estimate of drug-likeness (QED) is 0.163. The first-order valence-electron chi connectivity index (χ1n) is 18.7. The largest absolute Gasteiger partial charge is 0.228 e. The lowest BCUT2D eigenvalue weighted by molar-refractivity contribution is 1.04. The van der Waals surface area contributed by atoms with Crippen molar-refractivity contribution in [2.75, 3.05) is 0 Å². The Hall–Kier alpha value is -6.90. The molecule has 0 bridgehead atoms. The van der Waals surface area contributed by atoms with Crippen LogP contribution in [0.2, 0.25) is 0 Å². The number of fused-ring (bicyclic) bond motifs is 6. The molecule has 0 unspecified atom stereocenters. The Morgan fingerprint density at radius 1 is 0.352 bits per heavy atom. The molecular weight excluding hydrogens is 653 g/mol. The second kappa shape index (κ2) is 13.6.